The first-order valence-electron chi connectivity index (χ1n) is 12.0. The zero-order chi connectivity index (χ0) is 20.6. The van der Waals surface area contributed by atoms with Crippen LogP contribution in [0.2, 0.25) is 0 Å². The fourth-order valence-electron chi connectivity index (χ4n) is 5.69. The number of unbranched alkanes of at least 4 members (excludes halogenated alkanes) is 2. The summed E-state index contributed by atoms with van der Waals surface area (Å²) in [6, 6.07) is 4.78. The van der Waals surface area contributed by atoms with Crippen molar-refractivity contribution in [2.45, 2.75) is 103 Å². The molecule has 3 rings (SSSR count). The molecule has 0 atom stereocenters. The molecule has 0 N–H and O–H groups in total. The molecule has 1 aromatic carbocycles. The number of benzene rings is 1. The average Bonchev–Trinajstić information content (AvgIpc) is 2.76. The van der Waals surface area contributed by atoms with E-state index in [0.29, 0.717) is 5.56 Å². The summed E-state index contributed by atoms with van der Waals surface area (Å²) < 4.78 is 28.3. The van der Waals surface area contributed by atoms with E-state index in [1.165, 1.54) is 70.3 Å². The van der Waals surface area contributed by atoms with Crippen LogP contribution in [0.4, 0.5) is 8.78 Å². The molecule has 0 aliphatic heterocycles. The average molecular weight is 402 g/mol. The lowest BCUT2D eigenvalue weighted by Crippen LogP contribution is -2.18. The third-order valence-electron chi connectivity index (χ3n) is 7.68. The molecule has 29 heavy (non-hydrogen) atoms. The number of nitrogens with zero attached hydrogens (tertiary/aromatic N) is 1. The molecule has 3 heteroatoms. The lowest BCUT2D eigenvalue weighted by atomic mass is 9.74. The third kappa shape index (κ3) is 6.03. The quantitative estimate of drug-likeness (QED) is 0.402. The van der Waals surface area contributed by atoms with Crippen LogP contribution in [0.15, 0.2) is 12.1 Å². The minimum absolute atomic E-state index is 0.104. The molecular weight excluding hydrogens is 364 g/mol. The maximum Gasteiger partial charge on any atom is 0.176 e. The Morgan fingerprint density at radius 3 is 1.90 bits per heavy atom. The monoisotopic (exact) mass is 401 g/mol. The fourth-order valence-corrected chi connectivity index (χ4v) is 5.69. The largest absolute Gasteiger partial charge is 0.203 e. The third-order valence-corrected chi connectivity index (χ3v) is 7.68. The topological polar surface area (TPSA) is 23.8 Å². The Bertz CT molecular complexity index is 677. The molecule has 0 radical (unpaired) electrons. The molecule has 2 aliphatic carbocycles. The Balaban J connectivity index is 1.38. The summed E-state index contributed by atoms with van der Waals surface area (Å²) in [6.45, 7) is 2.28. The van der Waals surface area contributed by atoms with Crippen molar-refractivity contribution >= 4 is 0 Å². The van der Waals surface area contributed by atoms with Crippen LogP contribution in [0.3, 0.4) is 0 Å². The van der Waals surface area contributed by atoms with Crippen molar-refractivity contribution in [1.29, 1.82) is 5.26 Å². The van der Waals surface area contributed by atoms with E-state index in [1.54, 1.807) is 12.1 Å². The maximum atomic E-state index is 14.3. The summed E-state index contributed by atoms with van der Waals surface area (Å²) in [6.07, 6.45) is 18.1. The smallest absolute Gasteiger partial charge is 0.176 e. The number of hydrogen-bond donors (Lipinski definition) is 0. The molecule has 2 saturated carbocycles. The first kappa shape index (κ1) is 22.3. The van der Waals surface area contributed by atoms with Crippen LogP contribution in [0.5, 0.6) is 0 Å². The lowest BCUT2D eigenvalue weighted by molar-refractivity contribution is 0.221. The molecule has 0 spiro atoms. The Hall–Kier alpha value is -1.43. The Labute approximate surface area is 175 Å². The van der Waals surface area contributed by atoms with E-state index in [-0.39, 0.29) is 11.5 Å². The Kier molecular flexibility index (Phi) is 8.52. The molecule has 1 nitrogen and oxygen atoms in total. The van der Waals surface area contributed by atoms with Crippen LogP contribution < -0.4 is 0 Å². The lowest BCUT2D eigenvalue weighted by Gasteiger charge is -2.32. The van der Waals surface area contributed by atoms with Gasteiger partial charge in [0.2, 0.25) is 0 Å². The molecule has 1 aromatic rings. The second kappa shape index (κ2) is 11.1. The normalized spacial score (nSPS) is 27.5. The van der Waals surface area contributed by atoms with E-state index in [2.05, 4.69) is 6.92 Å². The SMILES string of the molecule is CCCCCC1CCC(CCC2CCC(c3ccc(C#N)c(F)c3F)CC2)CC1. The molecule has 2 fully saturated rings. The van der Waals surface area contributed by atoms with Gasteiger partial charge in [-0.3, -0.25) is 0 Å². The highest BCUT2D eigenvalue weighted by molar-refractivity contribution is 5.36. The van der Waals surface area contributed by atoms with E-state index in [9.17, 15) is 8.78 Å². The van der Waals surface area contributed by atoms with Gasteiger partial charge in [0.15, 0.2) is 11.6 Å². The van der Waals surface area contributed by atoms with Crippen LogP contribution in [0, 0.1) is 40.7 Å². The summed E-state index contributed by atoms with van der Waals surface area (Å²) in [7, 11) is 0. The molecule has 0 unspecified atom stereocenters. The number of hydrogen-bond acceptors (Lipinski definition) is 1. The summed E-state index contributed by atoms with van der Waals surface area (Å²) in [4.78, 5) is 0. The van der Waals surface area contributed by atoms with Gasteiger partial charge in [-0.15, -0.1) is 0 Å². The fraction of sp³-hybridized carbons (Fsp3) is 0.731. The van der Waals surface area contributed by atoms with Gasteiger partial charge in [-0.25, -0.2) is 8.78 Å². The number of nitriles is 1. The first-order chi connectivity index (χ1) is 14.1. The summed E-state index contributed by atoms with van der Waals surface area (Å²) in [5, 5.41) is 8.85. The molecule has 0 amide bonds. The highest BCUT2D eigenvalue weighted by Crippen LogP contribution is 2.41. The second-order valence-electron chi connectivity index (χ2n) is 9.62. The Morgan fingerprint density at radius 1 is 0.793 bits per heavy atom. The van der Waals surface area contributed by atoms with Crippen LogP contribution in [-0.4, -0.2) is 0 Å². The van der Waals surface area contributed by atoms with Crippen molar-refractivity contribution < 1.29 is 8.78 Å². The molecule has 0 heterocycles. The molecular formula is C26H37F2N. The Morgan fingerprint density at radius 2 is 1.34 bits per heavy atom. The molecule has 0 bridgehead atoms. The summed E-state index contributed by atoms with van der Waals surface area (Å²) >= 11 is 0. The highest BCUT2D eigenvalue weighted by atomic mass is 19.2. The van der Waals surface area contributed by atoms with Gasteiger partial charge in [0.25, 0.3) is 0 Å². The minimum Gasteiger partial charge on any atom is -0.203 e. The van der Waals surface area contributed by atoms with Crippen LogP contribution in [0.1, 0.15) is 114 Å². The van der Waals surface area contributed by atoms with Gasteiger partial charge in [-0.2, -0.15) is 5.26 Å². The van der Waals surface area contributed by atoms with E-state index in [4.69, 9.17) is 5.26 Å². The van der Waals surface area contributed by atoms with E-state index in [1.807, 2.05) is 0 Å². The predicted octanol–water partition coefficient (Wildman–Crippen LogP) is 8.28. The van der Waals surface area contributed by atoms with Crippen molar-refractivity contribution in [2.24, 2.45) is 17.8 Å². The van der Waals surface area contributed by atoms with Gasteiger partial charge in [0.05, 0.1) is 5.56 Å². The molecule has 0 saturated heterocycles. The first-order valence-corrected chi connectivity index (χ1v) is 12.0. The number of halogens is 2. The van der Waals surface area contributed by atoms with Crippen molar-refractivity contribution in [3.63, 3.8) is 0 Å². The van der Waals surface area contributed by atoms with Crippen molar-refractivity contribution in [1.82, 2.24) is 0 Å². The summed E-state index contributed by atoms with van der Waals surface area (Å²) in [5.41, 5.74) is 0.279. The van der Waals surface area contributed by atoms with Crippen molar-refractivity contribution in [3.8, 4) is 6.07 Å². The van der Waals surface area contributed by atoms with E-state index in [0.717, 1.165) is 43.4 Å². The van der Waals surface area contributed by atoms with Crippen molar-refractivity contribution in [3.05, 3.63) is 34.9 Å². The van der Waals surface area contributed by atoms with Gasteiger partial charge in [-0.05, 0) is 61.0 Å². The maximum absolute atomic E-state index is 14.3. The van der Waals surface area contributed by atoms with Gasteiger partial charge >= 0.3 is 0 Å². The standard InChI is InChI=1S/C26H37F2N/c1-2-3-4-5-19-6-8-20(9-7-19)10-11-21-12-14-22(15-13-21)24-17-16-23(18-29)25(27)26(24)28/h16-17,19-22H,2-15H2,1H3. The number of rotatable bonds is 8. The minimum atomic E-state index is -0.975. The summed E-state index contributed by atoms with van der Waals surface area (Å²) in [5.74, 6) is 0.976. The van der Waals surface area contributed by atoms with E-state index < -0.39 is 11.6 Å². The van der Waals surface area contributed by atoms with Gasteiger partial charge in [-0.1, -0.05) is 77.2 Å². The molecule has 160 valence electrons. The second-order valence-corrected chi connectivity index (χ2v) is 9.62. The van der Waals surface area contributed by atoms with Crippen LogP contribution in [-0.2, 0) is 0 Å². The predicted molar refractivity (Wildman–Crippen MR) is 115 cm³/mol. The molecule has 0 aromatic heterocycles. The molecule has 2 aliphatic rings. The van der Waals surface area contributed by atoms with Crippen molar-refractivity contribution in [2.75, 3.05) is 0 Å². The zero-order valence-corrected chi connectivity index (χ0v) is 18.1. The zero-order valence-electron chi connectivity index (χ0n) is 18.1. The van der Waals surface area contributed by atoms with Gasteiger partial charge in [0.1, 0.15) is 6.07 Å². The van der Waals surface area contributed by atoms with E-state index >= 15 is 0 Å². The van der Waals surface area contributed by atoms with Crippen LogP contribution >= 0.6 is 0 Å². The highest BCUT2D eigenvalue weighted by Gasteiger charge is 2.27. The van der Waals surface area contributed by atoms with Gasteiger partial charge in [0, 0.05) is 0 Å². The van der Waals surface area contributed by atoms with Crippen LogP contribution in [0.25, 0.3) is 0 Å². The van der Waals surface area contributed by atoms with Gasteiger partial charge < -0.3 is 0 Å².